The molecule has 0 fully saturated rings. The summed E-state index contributed by atoms with van der Waals surface area (Å²) in [6.45, 7) is 2.96. The van der Waals surface area contributed by atoms with E-state index in [0.29, 0.717) is 0 Å². The molecule has 0 aliphatic carbocycles. The van der Waals surface area contributed by atoms with E-state index in [2.05, 4.69) is 5.32 Å². The van der Waals surface area contributed by atoms with E-state index in [4.69, 9.17) is 4.74 Å². The van der Waals surface area contributed by atoms with Crippen LogP contribution in [0.1, 0.15) is 41.4 Å². The van der Waals surface area contributed by atoms with Crippen molar-refractivity contribution in [2.45, 2.75) is 37.8 Å². The summed E-state index contributed by atoms with van der Waals surface area (Å²) >= 11 is 0. The van der Waals surface area contributed by atoms with Gasteiger partial charge in [0.05, 0.1) is 18.2 Å². The number of carbonyl (C=O) groups is 1. The van der Waals surface area contributed by atoms with Gasteiger partial charge in [-0.15, -0.1) is 0 Å². The third-order valence-corrected chi connectivity index (χ3v) is 4.72. The Hall–Kier alpha value is -2.45. The van der Waals surface area contributed by atoms with Gasteiger partial charge in [-0.2, -0.15) is 13.2 Å². The molecule has 4 nitrogen and oxygen atoms in total. The van der Waals surface area contributed by atoms with Crippen LogP contribution in [0.25, 0.3) is 0 Å². The van der Waals surface area contributed by atoms with Gasteiger partial charge in [0.1, 0.15) is 23.3 Å². The molecule has 0 radical (unpaired) electrons. The van der Waals surface area contributed by atoms with Crippen molar-refractivity contribution >= 4 is 5.78 Å². The molecule has 2 N–H and O–H groups in total. The molecule has 0 saturated carbocycles. The van der Waals surface area contributed by atoms with E-state index in [1.807, 2.05) is 0 Å². The van der Waals surface area contributed by atoms with Crippen LogP contribution >= 0.6 is 0 Å². The number of aliphatic hydroxyl groups excluding tert-OH is 1. The Labute approximate surface area is 159 Å². The number of carbonyl (C=O) groups excluding carboxylic acids is 1. The number of ketones is 1. The molecule has 150 valence electrons. The lowest BCUT2D eigenvalue weighted by atomic mass is 9.85. The molecular formula is C20H19F4NO3. The summed E-state index contributed by atoms with van der Waals surface area (Å²) in [4.78, 5) is 12.3. The van der Waals surface area contributed by atoms with E-state index in [9.17, 15) is 27.5 Å². The van der Waals surface area contributed by atoms with E-state index in [1.54, 1.807) is 13.8 Å². The summed E-state index contributed by atoms with van der Waals surface area (Å²) in [6, 6.07) is 7.00. The lowest BCUT2D eigenvalue weighted by molar-refractivity contribution is -0.137. The first-order valence-electron chi connectivity index (χ1n) is 8.59. The van der Waals surface area contributed by atoms with Gasteiger partial charge in [0.25, 0.3) is 0 Å². The Balaban J connectivity index is 1.88. The lowest BCUT2D eigenvalue weighted by Gasteiger charge is -2.42. The highest BCUT2D eigenvalue weighted by atomic mass is 19.4. The maximum absolute atomic E-state index is 13.1. The molecule has 28 heavy (non-hydrogen) atoms. The number of fused-ring (bicyclic) bond motifs is 1. The van der Waals surface area contributed by atoms with Crippen molar-refractivity contribution in [2.75, 3.05) is 6.54 Å². The highest BCUT2D eigenvalue weighted by molar-refractivity contribution is 5.97. The minimum absolute atomic E-state index is 0.119. The van der Waals surface area contributed by atoms with E-state index >= 15 is 0 Å². The quantitative estimate of drug-likeness (QED) is 0.607. The average molecular weight is 397 g/mol. The highest BCUT2D eigenvalue weighted by Crippen LogP contribution is 2.42. The number of alkyl halides is 3. The van der Waals surface area contributed by atoms with Crippen LogP contribution in [0.3, 0.4) is 0 Å². The molecule has 0 aromatic heterocycles. The molecule has 8 heteroatoms. The van der Waals surface area contributed by atoms with Gasteiger partial charge in [0.15, 0.2) is 5.78 Å². The van der Waals surface area contributed by atoms with Crippen LogP contribution in [0.5, 0.6) is 5.75 Å². The van der Waals surface area contributed by atoms with Gasteiger partial charge in [-0.05, 0) is 56.3 Å². The first-order chi connectivity index (χ1) is 13.0. The summed E-state index contributed by atoms with van der Waals surface area (Å²) < 4.78 is 57.9. The van der Waals surface area contributed by atoms with E-state index in [1.165, 1.54) is 18.2 Å². The van der Waals surface area contributed by atoms with Crippen molar-refractivity contribution in [3.8, 4) is 5.75 Å². The highest BCUT2D eigenvalue weighted by Gasteiger charge is 2.44. The van der Waals surface area contributed by atoms with Crippen LogP contribution in [-0.4, -0.2) is 29.1 Å². The van der Waals surface area contributed by atoms with Crippen molar-refractivity contribution in [1.29, 1.82) is 0 Å². The summed E-state index contributed by atoms with van der Waals surface area (Å²) in [7, 11) is 0. The van der Waals surface area contributed by atoms with Gasteiger partial charge < -0.3 is 15.2 Å². The van der Waals surface area contributed by atoms with Crippen LogP contribution in [-0.2, 0) is 6.18 Å². The monoisotopic (exact) mass is 397 g/mol. The SMILES string of the molecule is CC1(C)Oc2ccc(C(F)(F)F)cc2[C@H](NCC(=O)c2ccc(F)cc2)[C@H]1O. The number of aliphatic hydroxyl groups is 1. The first kappa shape index (κ1) is 20.3. The van der Waals surface area contributed by atoms with Crippen molar-refractivity contribution in [2.24, 2.45) is 0 Å². The van der Waals surface area contributed by atoms with Gasteiger partial charge in [-0.25, -0.2) is 4.39 Å². The lowest BCUT2D eigenvalue weighted by Crippen LogP contribution is -2.53. The predicted octanol–water partition coefficient (Wildman–Crippen LogP) is 3.89. The van der Waals surface area contributed by atoms with E-state index < -0.39 is 35.3 Å². The second kappa shape index (κ2) is 7.18. The number of hydrogen-bond donors (Lipinski definition) is 2. The summed E-state index contributed by atoms with van der Waals surface area (Å²) in [6.07, 6.45) is -5.76. The Morgan fingerprint density at radius 3 is 2.43 bits per heavy atom. The van der Waals surface area contributed by atoms with Gasteiger partial charge in [-0.3, -0.25) is 4.79 Å². The smallest absolute Gasteiger partial charge is 0.416 e. The first-order valence-corrected chi connectivity index (χ1v) is 8.59. The standard InChI is InChI=1S/C20H19F4NO3/c1-19(2)18(27)17(25-10-15(26)11-3-6-13(21)7-4-11)14-9-12(20(22,23)24)5-8-16(14)28-19/h3-9,17-18,25,27H,10H2,1-2H3/t17-,18+/m0/s1. The molecule has 1 heterocycles. The van der Waals surface area contributed by atoms with Gasteiger partial charge in [0, 0.05) is 11.1 Å². The molecule has 0 unspecified atom stereocenters. The molecular weight excluding hydrogens is 378 g/mol. The molecule has 1 aliphatic rings. The molecule has 0 amide bonds. The number of ether oxygens (including phenoxy) is 1. The molecule has 1 aliphatic heterocycles. The maximum Gasteiger partial charge on any atom is 0.416 e. The second-order valence-corrected chi connectivity index (χ2v) is 7.19. The van der Waals surface area contributed by atoms with Gasteiger partial charge in [-0.1, -0.05) is 0 Å². The minimum atomic E-state index is -4.55. The van der Waals surface area contributed by atoms with Crippen molar-refractivity contribution in [3.05, 3.63) is 65.0 Å². The largest absolute Gasteiger partial charge is 0.485 e. The van der Waals surface area contributed by atoms with Crippen LogP contribution in [0.4, 0.5) is 17.6 Å². The molecule has 0 bridgehead atoms. The van der Waals surface area contributed by atoms with E-state index in [-0.39, 0.29) is 29.2 Å². The Morgan fingerprint density at radius 2 is 1.82 bits per heavy atom. The second-order valence-electron chi connectivity index (χ2n) is 7.19. The number of benzene rings is 2. The molecule has 2 atom stereocenters. The van der Waals surface area contributed by atoms with Crippen LogP contribution < -0.4 is 10.1 Å². The molecule has 2 aromatic carbocycles. The number of halogens is 4. The molecule has 2 aromatic rings. The predicted molar refractivity (Wildman–Crippen MR) is 93.6 cm³/mol. The third-order valence-electron chi connectivity index (χ3n) is 4.72. The molecule has 0 spiro atoms. The zero-order valence-corrected chi connectivity index (χ0v) is 15.2. The van der Waals surface area contributed by atoms with Crippen LogP contribution in [0, 0.1) is 5.82 Å². The van der Waals surface area contributed by atoms with Gasteiger partial charge >= 0.3 is 6.18 Å². The fourth-order valence-corrected chi connectivity index (χ4v) is 3.14. The summed E-state index contributed by atoms with van der Waals surface area (Å²) in [5.74, 6) is -0.667. The zero-order chi connectivity index (χ0) is 20.7. The topological polar surface area (TPSA) is 58.6 Å². The Morgan fingerprint density at radius 1 is 1.18 bits per heavy atom. The minimum Gasteiger partial charge on any atom is -0.485 e. The average Bonchev–Trinajstić information content (AvgIpc) is 2.61. The Bertz CT molecular complexity index is 878. The number of Topliss-reactive ketones (excluding diaryl/α,β-unsaturated/α-hetero) is 1. The summed E-state index contributed by atoms with van der Waals surface area (Å²) in [5, 5.41) is 13.5. The fourth-order valence-electron chi connectivity index (χ4n) is 3.14. The Kier molecular flexibility index (Phi) is 5.20. The van der Waals surface area contributed by atoms with Gasteiger partial charge in [0.2, 0.25) is 0 Å². The summed E-state index contributed by atoms with van der Waals surface area (Å²) in [5.41, 5.74) is -1.59. The number of nitrogens with one attached hydrogen (secondary N) is 1. The molecule has 3 rings (SSSR count). The van der Waals surface area contributed by atoms with E-state index in [0.717, 1.165) is 24.3 Å². The number of rotatable bonds is 4. The number of hydrogen-bond acceptors (Lipinski definition) is 4. The third kappa shape index (κ3) is 4.02. The normalized spacial score (nSPS) is 21.0. The fraction of sp³-hybridized carbons (Fsp3) is 0.350. The van der Waals surface area contributed by atoms with Crippen molar-refractivity contribution < 1.29 is 32.2 Å². The maximum atomic E-state index is 13.1. The van der Waals surface area contributed by atoms with Crippen molar-refractivity contribution in [3.63, 3.8) is 0 Å². The van der Waals surface area contributed by atoms with Crippen LogP contribution in [0.15, 0.2) is 42.5 Å². The molecule has 0 saturated heterocycles. The zero-order valence-electron chi connectivity index (χ0n) is 15.2. The van der Waals surface area contributed by atoms with Crippen molar-refractivity contribution in [1.82, 2.24) is 5.32 Å². The van der Waals surface area contributed by atoms with Crippen LogP contribution in [0.2, 0.25) is 0 Å².